The zero-order chi connectivity index (χ0) is 12.6. The smallest absolute Gasteiger partial charge is 0.447 e. The van der Waals surface area contributed by atoms with Crippen molar-refractivity contribution in [2.45, 2.75) is 36.9 Å². The Bertz CT molecular complexity index is 336. The second kappa shape index (κ2) is 4.44. The van der Waals surface area contributed by atoms with Crippen LogP contribution in [0, 0.1) is 0 Å². The van der Waals surface area contributed by atoms with Gasteiger partial charge in [0.25, 0.3) is 0 Å². The molecule has 2 rings (SSSR count). The molecule has 0 N–H and O–H groups in total. The molecule has 2 aliphatic heterocycles. The van der Waals surface area contributed by atoms with Crippen LogP contribution in [0.2, 0.25) is 0 Å². The van der Waals surface area contributed by atoms with Crippen molar-refractivity contribution in [3.8, 4) is 0 Å². The minimum atomic E-state index is -0.852. The monoisotopic (exact) mass is 262 g/mol. The van der Waals surface area contributed by atoms with E-state index in [1.165, 1.54) is 13.8 Å². The van der Waals surface area contributed by atoms with Gasteiger partial charge in [0.1, 0.15) is 0 Å². The Hall–Kier alpha value is -1.44. The quantitative estimate of drug-likeness (QED) is 0.522. The van der Waals surface area contributed by atoms with Gasteiger partial charge < -0.3 is 18.9 Å². The molecule has 0 aromatic heterocycles. The highest BCUT2D eigenvalue weighted by Crippen LogP contribution is 2.42. The second-order valence-corrected chi connectivity index (χ2v) is 4.71. The van der Waals surface area contributed by atoms with Crippen molar-refractivity contribution in [2.75, 3.05) is 0 Å². The number of hydrogen-bond donors (Lipinski definition) is 0. The first-order valence-electron chi connectivity index (χ1n) is 4.84. The Kier molecular flexibility index (Phi) is 3.14. The van der Waals surface area contributed by atoms with Crippen molar-refractivity contribution in [3.05, 3.63) is 0 Å². The first-order chi connectivity index (χ1) is 7.97. The molecule has 2 fully saturated rings. The maximum absolute atomic E-state index is 11.0. The zero-order valence-corrected chi connectivity index (χ0v) is 9.89. The van der Waals surface area contributed by atoms with Crippen LogP contribution in [0.15, 0.2) is 0 Å². The van der Waals surface area contributed by atoms with E-state index in [2.05, 4.69) is 0 Å². The fourth-order valence-electron chi connectivity index (χ4n) is 1.61. The van der Waals surface area contributed by atoms with E-state index in [1.54, 1.807) is 0 Å². The molecule has 2 aliphatic rings. The Balaban J connectivity index is 2.09. The van der Waals surface area contributed by atoms with Gasteiger partial charge in [0.2, 0.25) is 0 Å². The number of rotatable bonds is 2. The van der Waals surface area contributed by atoms with Gasteiger partial charge in [-0.3, -0.25) is 9.59 Å². The number of esters is 2. The highest BCUT2D eigenvalue weighted by atomic mass is 32.2. The third-order valence-electron chi connectivity index (χ3n) is 2.16. The Morgan fingerprint density at radius 3 is 1.82 bits per heavy atom. The number of carbonyl (C=O) groups excluding carboxylic acids is 3. The van der Waals surface area contributed by atoms with Crippen LogP contribution in [0.5, 0.6) is 0 Å². The molecule has 94 valence electrons. The van der Waals surface area contributed by atoms with Gasteiger partial charge in [-0.25, -0.2) is 4.79 Å². The van der Waals surface area contributed by atoms with E-state index >= 15 is 0 Å². The van der Waals surface area contributed by atoms with Crippen LogP contribution in [0.4, 0.5) is 4.79 Å². The molecule has 0 radical (unpaired) electrons. The third-order valence-corrected chi connectivity index (χ3v) is 3.42. The molecule has 0 saturated carbocycles. The average molecular weight is 262 g/mol. The summed E-state index contributed by atoms with van der Waals surface area (Å²) in [6.07, 6.45) is -2.32. The van der Waals surface area contributed by atoms with Crippen LogP contribution in [0.25, 0.3) is 0 Å². The average Bonchev–Trinajstić information content (AvgIpc) is 2.67. The minimum absolute atomic E-state index is 0.507. The van der Waals surface area contributed by atoms with Crippen molar-refractivity contribution in [3.63, 3.8) is 0 Å². The molecule has 8 heteroatoms. The van der Waals surface area contributed by atoms with E-state index in [9.17, 15) is 14.4 Å². The van der Waals surface area contributed by atoms with Gasteiger partial charge in [-0.15, -0.1) is 0 Å². The number of thioether (sulfide) groups is 1. The largest absolute Gasteiger partial charge is 0.509 e. The normalized spacial score (nSPS) is 34.6. The first-order valence-corrected chi connectivity index (χ1v) is 5.79. The molecule has 0 aromatic carbocycles. The molecule has 0 bridgehead atoms. The molecule has 0 unspecified atom stereocenters. The minimum Gasteiger partial charge on any atom is -0.447 e. The molecule has 0 aromatic rings. The standard InChI is InChI=1S/C9H10O7S/c1-3(10)13-7-5-6(16-9(12)15-5)8(17-7)14-4(2)11/h5-8H,1-2H3/t5-,6-,7+,8+/m0/s1. The lowest BCUT2D eigenvalue weighted by molar-refractivity contribution is -0.148. The van der Waals surface area contributed by atoms with Crippen LogP contribution >= 0.6 is 11.8 Å². The molecule has 17 heavy (non-hydrogen) atoms. The Labute approximate surface area is 101 Å². The molecule has 2 saturated heterocycles. The van der Waals surface area contributed by atoms with Gasteiger partial charge in [0, 0.05) is 13.8 Å². The summed E-state index contributed by atoms with van der Waals surface area (Å²) in [4.78, 5) is 32.7. The number of fused-ring (bicyclic) bond motifs is 1. The van der Waals surface area contributed by atoms with Crippen molar-refractivity contribution in [1.82, 2.24) is 0 Å². The van der Waals surface area contributed by atoms with Crippen LogP contribution < -0.4 is 0 Å². The lowest BCUT2D eigenvalue weighted by Gasteiger charge is -2.13. The third kappa shape index (κ3) is 2.46. The predicted octanol–water partition coefficient (Wildman–Crippen LogP) is 0.416. The fourth-order valence-corrected chi connectivity index (χ4v) is 2.99. The summed E-state index contributed by atoms with van der Waals surface area (Å²) in [7, 11) is 0. The van der Waals surface area contributed by atoms with Gasteiger partial charge in [-0.05, 0) is 0 Å². The van der Waals surface area contributed by atoms with E-state index in [-0.39, 0.29) is 0 Å². The Morgan fingerprint density at radius 1 is 1.06 bits per heavy atom. The van der Waals surface area contributed by atoms with Crippen LogP contribution in [0.1, 0.15) is 13.8 Å². The predicted molar refractivity (Wildman–Crippen MR) is 53.8 cm³/mol. The fraction of sp³-hybridized carbons (Fsp3) is 0.667. The number of ether oxygens (including phenoxy) is 4. The second-order valence-electron chi connectivity index (χ2n) is 3.51. The van der Waals surface area contributed by atoms with Gasteiger partial charge >= 0.3 is 18.1 Å². The molecular weight excluding hydrogens is 252 g/mol. The SMILES string of the molecule is CC(=O)O[C@@H]1S[C@@H](OC(C)=O)[C@H]2OC(=O)O[C@@H]21. The molecule has 7 nitrogen and oxygen atoms in total. The summed E-state index contributed by atoms with van der Waals surface area (Å²) in [5.41, 5.74) is -1.43. The van der Waals surface area contributed by atoms with Crippen LogP contribution in [-0.2, 0) is 28.5 Å². The van der Waals surface area contributed by atoms with E-state index < -0.39 is 41.2 Å². The summed E-state index contributed by atoms with van der Waals surface area (Å²) in [5, 5.41) is 0. The molecule has 4 atom stereocenters. The van der Waals surface area contributed by atoms with Gasteiger partial charge in [-0.2, -0.15) is 0 Å². The molecule has 0 amide bonds. The van der Waals surface area contributed by atoms with E-state index in [0.29, 0.717) is 0 Å². The van der Waals surface area contributed by atoms with Gasteiger partial charge in [0.15, 0.2) is 23.1 Å². The van der Waals surface area contributed by atoms with Crippen LogP contribution in [0.3, 0.4) is 0 Å². The van der Waals surface area contributed by atoms with Crippen molar-refractivity contribution in [2.24, 2.45) is 0 Å². The summed E-state index contributed by atoms with van der Waals surface area (Å²) in [6, 6.07) is 0. The van der Waals surface area contributed by atoms with Crippen molar-refractivity contribution < 1.29 is 33.3 Å². The van der Waals surface area contributed by atoms with Crippen molar-refractivity contribution >= 4 is 29.9 Å². The first kappa shape index (κ1) is 12.0. The summed E-state index contributed by atoms with van der Waals surface area (Å²) in [5.74, 6) is -1.01. The van der Waals surface area contributed by atoms with Gasteiger partial charge in [-0.1, -0.05) is 11.8 Å². The number of hydrogen-bond acceptors (Lipinski definition) is 8. The number of carbonyl (C=O) groups is 3. The molecule has 0 spiro atoms. The molecular formula is C9H10O7S. The zero-order valence-electron chi connectivity index (χ0n) is 9.08. The molecule has 2 heterocycles. The highest BCUT2D eigenvalue weighted by molar-refractivity contribution is 8.00. The Morgan fingerprint density at radius 2 is 1.47 bits per heavy atom. The lowest BCUT2D eigenvalue weighted by Crippen LogP contribution is -2.32. The highest BCUT2D eigenvalue weighted by Gasteiger charge is 2.57. The topological polar surface area (TPSA) is 88.1 Å². The summed E-state index contributed by atoms with van der Waals surface area (Å²) >= 11 is 1.07. The molecule has 0 aliphatic carbocycles. The van der Waals surface area contributed by atoms with E-state index in [0.717, 1.165) is 11.8 Å². The maximum Gasteiger partial charge on any atom is 0.509 e. The van der Waals surface area contributed by atoms with Crippen molar-refractivity contribution in [1.29, 1.82) is 0 Å². The summed E-state index contributed by atoms with van der Waals surface area (Å²) < 4.78 is 19.6. The van der Waals surface area contributed by atoms with E-state index in [1.807, 2.05) is 0 Å². The van der Waals surface area contributed by atoms with Gasteiger partial charge in [0.05, 0.1) is 0 Å². The van der Waals surface area contributed by atoms with E-state index in [4.69, 9.17) is 18.9 Å². The van der Waals surface area contributed by atoms with Crippen LogP contribution in [-0.4, -0.2) is 41.2 Å². The maximum atomic E-state index is 11.0. The lowest BCUT2D eigenvalue weighted by atomic mass is 10.2. The summed E-state index contributed by atoms with van der Waals surface area (Å²) in [6.45, 7) is 2.48.